The van der Waals surface area contributed by atoms with Crippen molar-refractivity contribution in [3.8, 4) is 0 Å². The monoisotopic (exact) mass is 211 g/mol. The lowest BCUT2D eigenvalue weighted by Gasteiger charge is -2.33. The molecule has 2 heteroatoms. The van der Waals surface area contributed by atoms with E-state index in [2.05, 4.69) is 18.7 Å². The van der Waals surface area contributed by atoms with Crippen molar-refractivity contribution in [2.45, 2.75) is 46.5 Å². The van der Waals surface area contributed by atoms with Crippen LogP contribution in [-0.4, -0.2) is 30.3 Å². The number of piperidine rings is 1. The fourth-order valence-electron chi connectivity index (χ4n) is 2.30. The summed E-state index contributed by atoms with van der Waals surface area (Å²) in [7, 11) is 0. The van der Waals surface area contributed by atoms with Gasteiger partial charge >= 0.3 is 0 Å². The molecule has 0 bridgehead atoms. The van der Waals surface area contributed by atoms with Gasteiger partial charge in [0.1, 0.15) is 5.78 Å². The van der Waals surface area contributed by atoms with Crippen LogP contribution in [0.2, 0.25) is 0 Å². The van der Waals surface area contributed by atoms with Crippen LogP contribution < -0.4 is 0 Å². The highest BCUT2D eigenvalue weighted by Crippen LogP contribution is 2.24. The van der Waals surface area contributed by atoms with Crippen molar-refractivity contribution in [3.05, 3.63) is 0 Å². The van der Waals surface area contributed by atoms with E-state index in [1.54, 1.807) is 0 Å². The maximum Gasteiger partial charge on any atom is 0.133 e. The molecular weight excluding hydrogens is 186 g/mol. The number of nitrogens with zero attached hydrogens (tertiary/aromatic N) is 1. The molecule has 0 aliphatic carbocycles. The molecule has 1 saturated heterocycles. The van der Waals surface area contributed by atoms with Crippen molar-refractivity contribution < 1.29 is 4.79 Å². The predicted octanol–water partition coefficient (Wildman–Crippen LogP) is 2.72. The molecule has 0 amide bonds. The molecule has 88 valence electrons. The number of Topliss-reactive ketones (excluding diaryl/α,β-unsaturated/α-hetero) is 1. The van der Waals surface area contributed by atoms with Gasteiger partial charge < -0.3 is 4.90 Å². The third-order valence-corrected chi connectivity index (χ3v) is 3.68. The van der Waals surface area contributed by atoms with Crippen LogP contribution in [0.15, 0.2) is 0 Å². The molecular formula is C13H25NO. The number of hydrogen-bond acceptors (Lipinski definition) is 2. The second-order valence-electron chi connectivity index (χ2n) is 5.07. The molecule has 0 radical (unpaired) electrons. The Labute approximate surface area is 94.0 Å². The van der Waals surface area contributed by atoms with Gasteiger partial charge in [-0.05, 0) is 37.8 Å². The first kappa shape index (κ1) is 12.7. The minimum atomic E-state index is 0.404. The van der Waals surface area contributed by atoms with Gasteiger partial charge in [0.2, 0.25) is 0 Å². The Morgan fingerprint density at radius 2 is 1.93 bits per heavy atom. The minimum absolute atomic E-state index is 0.404. The van der Waals surface area contributed by atoms with Gasteiger partial charge in [-0.3, -0.25) is 4.79 Å². The van der Waals surface area contributed by atoms with Gasteiger partial charge in [-0.1, -0.05) is 20.8 Å². The van der Waals surface area contributed by atoms with Gasteiger partial charge in [0.15, 0.2) is 0 Å². The van der Waals surface area contributed by atoms with Crippen molar-refractivity contribution in [1.82, 2.24) is 4.90 Å². The summed E-state index contributed by atoms with van der Waals surface area (Å²) >= 11 is 0. The second-order valence-corrected chi connectivity index (χ2v) is 5.07. The Morgan fingerprint density at radius 1 is 1.33 bits per heavy atom. The van der Waals surface area contributed by atoms with Gasteiger partial charge in [-0.25, -0.2) is 0 Å². The molecule has 1 rings (SSSR count). The first-order chi connectivity index (χ1) is 7.13. The van der Waals surface area contributed by atoms with Crippen LogP contribution in [0, 0.1) is 11.8 Å². The molecule has 0 unspecified atom stereocenters. The molecule has 0 spiro atoms. The predicted molar refractivity (Wildman–Crippen MR) is 63.9 cm³/mol. The zero-order valence-corrected chi connectivity index (χ0v) is 10.5. The molecule has 0 atom stereocenters. The van der Waals surface area contributed by atoms with E-state index < -0.39 is 0 Å². The first-order valence-corrected chi connectivity index (χ1v) is 6.37. The van der Waals surface area contributed by atoms with E-state index in [-0.39, 0.29) is 0 Å². The third-order valence-electron chi connectivity index (χ3n) is 3.68. The van der Waals surface area contributed by atoms with E-state index >= 15 is 0 Å². The van der Waals surface area contributed by atoms with E-state index in [1.807, 2.05) is 6.92 Å². The normalized spacial score (nSPS) is 19.7. The number of hydrogen-bond donors (Lipinski definition) is 0. The number of rotatable bonds is 5. The maximum atomic E-state index is 11.2. The summed E-state index contributed by atoms with van der Waals surface area (Å²) in [6, 6.07) is 0. The lowest BCUT2D eigenvalue weighted by molar-refractivity contribution is -0.119. The maximum absolute atomic E-state index is 11.2. The Balaban J connectivity index is 2.17. The molecule has 0 aromatic heterocycles. The number of likely N-dealkylation sites (tertiary alicyclic amines) is 1. The van der Waals surface area contributed by atoms with Crippen LogP contribution in [-0.2, 0) is 4.79 Å². The summed E-state index contributed by atoms with van der Waals surface area (Å²) in [4.78, 5) is 13.7. The topological polar surface area (TPSA) is 20.3 Å². The molecule has 2 nitrogen and oxygen atoms in total. The fraction of sp³-hybridized carbons (Fsp3) is 0.923. The Hall–Kier alpha value is -0.370. The summed E-state index contributed by atoms with van der Waals surface area (Å²) in [6.45, 7) is 9.96. The molecule has 1 heterocycles. The van der Waals surface area contributed by atoms with Crippen molar-refractivity contribution in [2.75, 3.05) is 19.6 Å². The van der Waals surface area contributed by atoms with Crippen LogP contribution in [0.4, 0.5) is 0 Å². The van der Waals surface area contributed by atoms with Crippen LogP contribution in [0.5, 0.6) is 0 Å². The third kappa shape index (κ3) is 4.33. The van der Waals surface area contributed by atoms with Crippen LogP contribution in [0.3, 0.4) is 0 Å². The molecule has 0 aromatic rings. The Morgan fingerprint density at radius 3 is 2.40 bits per heavy atom. The SMILES string of the molecule is CCC(=O)CCN1CCC(C(C)C)CC1. The van der Waals surface area contributed by atoms with Crippen LogP contribution in [0.25, 0.3) is 0 Å². The molecule has 1 fully saturated rings. The van der Waals surface area contributed by atoms with Gasteiger partial charge in [-0.15, -0.1) is 0 Å². The molecule has 1 aliphatic rings. The van der Waals surface area contributed by atoms with Gasteiger partial charge in [-0.2, -0.15) is 0 Å². The summed E-state index contributed by atoms with van der Waals surface area (Å²) in [6.07, 6.45) is 4.08. The van der Waals surface area contributed by atoms with Crippen molar-refractivity contribution >= 4 is 5.78 Å². The quantitative estimate of drug-likeness (QED) is 0.697. The highest BCUT2D eigenvalue weighted by atomic mass is 16.1. The standard InChI is InChI=1S/C13H25NO/c1-4-13(15)7-10-14-8-5-12(6-9-14)11(2)3/h11-12H,4-10H2,1-3H3. The molecule has 0 N–H and O–H groups in total. The van der Waals surface area contributed by atoms with Crippen molar-refractivity contribution in [2.24, 2.45) is 11.8 Å². The lowest BCUT2D eigenvalue weighted by Crippen LogP contribution is -2.36. The Bertz CT molecular complexity index is 193. The zero-order valence-electron chi connectivity index (χ0n) is 10.5. The van der Waals surface area contributed by atoms with E-state index in [0.29, 0.717) is 12.2 Å². The molecule has 15 heavy (non-hydrogen) atoms. The smallest absolute Gasteiger partial charge is 0.133 e. The summed E-state index contributed by atoms with van der Waals surface area (Å²) in [5.41, 5.74) is 0. The van der Waals surface area contributed by atoms with E-state index in [4.69, 9.17) is 0 Å². The average molecular weight is 211 g/mol. The second kappa shape index (κ2) is 6.26. The number of carbonyl (C=O) groups excluding carboxylic acids is 1. The molecule has 1 aliphatic heterocycles. The summed E-state index contributed by atoms with van der Waals surface area (Å²) in [5, 5.41) is 0. The Kier molecular flexibility index (Phi) is 5.30. The number of carbonyl (C=O) groups is 1. The minimum Gasteiger partial charge on any atom is -0.303 e. The summed E-state index contributed by atoms with van der Waals surface area (Å²) in [5.74, 6) is 2.13. The average Bonchev–Trinajstić information content (AvgIpc) is 2.26. The van der Waals surface area contributed by atoms with Crippen molar-refractivity contribution in [1.29, 1.82) is 0 Å². The van der Waals surface area contributed by atoms with Gasteiger partial charge in [0, 0.05) is 19.4 Å². The van der Waals surface area contributed by atoms with Gasteiger partial charge in [0.25, 0.3) is 0 Å². The first-order valence-electron chi connectivity index (χ1n) is 6.37. The molecule has 0 saturated carbocycles. The summed E-state index contributed by atoms with van der Waals surface area (Å²) < 4.78 is 0. The highest BCUT2D eigenvalue weighted by Gasteiger charge is 2.21. The van der Waals surface area contributed by atoms with E-state index in [0.717, 1.165) is 24.8 Å². The van der Waals surface area contributed by atoms with Gasteiger partial charge in [0.05, 0.1) is 0 Å². The fourth-order valence-corrected chi connectivity index (χ4v) is 2.30. The zero-order chi connectivity index (χ0) is 11.3. The van der Waals surface area contributed by atoms with Crippen LogP contribution in [0.1, 0.15) is 46.5 Å². The number of ketones is 1. The highest BCUT2D eigenvalue weighted by molar-refractivity contribution is 5.78. The van der Waals surface area contributed by atoms with Crippen molar-refractivity contribution in [3.63, 3.8) is 0 Å². The molecule has 0 aromatic carbocycles. The van der Waals surface area contributed by atoms with Crippen LogP contribution >= 0.6 is 0 Å². The van der Waals surface area contributed by atoms with E-state index in [1.165, 1.54) is 25.9 Å². The largest absolute Gasteiger partial charge is 0.303 e. The van der Waals surface area contributed by atoms with E-state index in [9.17, 15) is 4.79 Å². The lowest BCUT2D eigenvalue weighted by atomic mass is 9.87.